The van der Waals surface area contributed by atoms with Crippen molar-refractivity contribution >= 4 is 11.6 Å². The van der Waals surface area contributed by atoms with Crippen molar-refractivity contribution in [3.8, 4) is 22.6 Å². The number of amides is 1. The fraction of sp³-hybridized carbons (Fsp3) is 0.273. The van der Waals surface area contributed by atoms with Gasteiger partial charge in [0.05, 0.1) is 13.7 Å². The van der Waals surface area contributed by atoms with E-state index in [0.717, 1.165) is 29.7 Å². The normalized spacial score (nSPS) is 14.3. The first-order chi connectivity index (χ1) is 13.1. The van der Waals surface area contributed by atoms with Crippen molar-refractivity contribution in [1.82, 2.24) is 4.90 Å². The van der Waals surface area contributed by atoms with Gasteiger partial charge in [-0.05, 0) is 35.9 Å². The van der Waals surface area contributed by atoms with Crippen LogP contribution in [0.5, 0.6) is 11.5 Å². The summed E-state index contributed by atoms with van der Waals surface area (Å²) in [5.74, 6) is 1.38. The number of carbonyl (C=O) groups is 1. The van der Waals surface area contributed by atoms with Gasteiger partial charge in [0.15, 0.2) is 5.69 Å². The highest BCUT2D eigenvalue weighted by molar-refractivity contribution is 5.87. The molecule has 2 aromatic carbocycles. The van der Waals surface area contributed by atoms with Crippen LogP contribution < -0.4 is 9.47 Å². The molecule has 5 nitrogen and oxygen atoms in total. The highest BCUT2D eigenvalue weighted by atomic mass is 16.5. The van der Waals surface area contributed by atoms with E-state index < -0.39 is 0 Å². The monoisotopic (exact) mass is 362 g/mol. The summed E-state index contributed by atoms with van der Waals surface area (Å²) < 4.78 is 11.6. The highest BCUT2D eigenvalue weighted by Gasteiger charge is 2.23. The number of hydrogen-bond acceptors (Lipinski definition) is 3. The molecule has 0 N–H and O–H groups in total. The lowest BCUT2D eigenvalue weighted by molar-refractivity contribution is -0.127. The first-order valence-corrected chi connectivity index (χ1v) is 8.88. The maximum absolute atomic E-state index is 11.7. The van der Waals surface area contributed by atoms with Gasteiger partial charge in [-0.2, -0.15) is 0 Å². The van der Waals surface area contributed by atoms with Crippen molar-refractivity contribution in [3.63, 3.8) is 0 Å². The van der Waals surface area contributed by atoms with Gasteiger partial charge in [-0.3, -0.25) is 4.79 Å². The average molecular weight is 362 g/mol. The van der Waals surface area contributed by atoms with Gasteiger partial charge in [0.25, 0.3) is 0 Å². The number of rotatable bonds is 5. The molecule has 2 aromatic rings. The van der Waals surface area contributed by atoms with E-state index in [1.54, 1.807) is 18.1 Å². The van der Waals surface area contributed by atoms with Crippen LogP contribution in [0.1, 0.15) is 12.8 Å². The molecule has 0 radical (unpaired) electrons. The third-order valence-corrected chi connectivity index (χ3v) is 4.67. The van der Waals surface area contributed by atoms with Gasteiger partial charge in [0.1, 0.15) is 17.6 Å². The molecule has 3 rings (SSSR count). The predicted molar refractivity (Wildman–Crippen MR) is 105 cm³/mol. The number of nitrogens with zero attached hydrogens (tertiary/aromatic N) is 2. The third kappa shape index (κ3) is 4.29. The minimum atomic E-state index is -0.0399. The number of hydrogen-bond donors (Lipinski definition) is 0. The lowest BCUT2D eigenvalue weighted by Gasteiger charge is -2.31. The van der Waals surface area contributed by atoms with Crippen molar-refractivity contribution < 1.29 is 14.3 Å². The zero-order valence-corrected chi connectivity index (χ0v) is 15.4. The van der Waals surface area contributed by atoms with E-state index in [-0.39, 0.29) is 12.0 Å². The summed E-state index contributed by atoms with van der Waals surface area (Å²) in [4.78, 5) is 17.1. The maximum atomic E-state index is 11.7. The van der Waals surface area contributed by atoms with Gasteiger partial charge in [-0.15, -0.1) is 0 Å². The maximum Gasteiger partial charge on any atom is 0.245 e. The summed E-state index contributed by atoms with van der Waals surface area (Å²) in [6, 6.07) is 13.2. The SMILES string of the molecule is [C-]#[N+]c1cc(OC2CCN(C(=O)C=C)CC2)cc(-c2ccccc2OC)c1. The number of likely N-dealkylation sites (tertiary alicyclic amines) is 1. The summed E-state index contributed by atoms with van der Waals surface area (Å²) in [5, 5.41) is 0. The molecule has 5 heteroatoms. The van der Waals surface area contributed by atoms with Crippen LogP contribution in [-0.2, 0) is 4.79 Å². The van der Waals surface area contributed by atoms with E-state index in [0.29, 0.717) is 24.5 Å². The molecule has 138 valence electrons. The Bertz CT molecular complexity index is 877. The van der Waals surface area contributed by atoms with Gasteiger partial charge in [-0.1, -0.05) is 24.8 Å². The predicted octanol–water partition coefficient (Wildman–Crippen LogP) is 4.47. The largest absolute Gasteiger partial charge is 0.496 e. The molecule has 0 bridgehead atoms. The quantitative estimate of drug-likeness (QED) is 0.582. The zero-order valence-electron chi connectivity index (χ0n) is 15.4. The second-order valence-corrected chi connectivity index (χ2v) is 6.37. The van der Waals surface area contributed by atoms with E-state index in [1.165, 1.54) is 6.08 Å². The van der Waals surface area contributed by atoms with Crippen LogP contribution in [0.25, 0.3) is 16.0 Å². The van der Waals surface area contributed by atoms with E-state index in [4.69, 9.17) is 16.0 Å². The molecular weight excluding hydrogens is 340 g/mol. The topological polar surface area (TPSA) is 43.1 Å². The van der Waals surface area contributed by atoms with Crippen molar-refractivity contribution in [2.75, 3.05) is 20.2 Å². The molecule has 1 aliphatic rings. The summed E-state index contributed by atoms with van der Waals surface area (Å²) >= 11 is 0. The smallest absolute Gasteiger partial charge is 0.245 e. The number of ether oxygens (including phenoxy) is 2. The molecule has 0 unspecified atom stereocenters. The van der Waals surface area contributed by atoms with Gasteiger partial charge in [0.2, 0.25) is 5.91 Å². The number of benzene rings is 2. The van der Waals surface area contributed by atoms with E-state index in [9.17, 15) is 4.79 Å². The van der Waals surface area contributed by atoms with E-state index >= 15 is 0 Å². The number of para-hydroxylation sites is 1. The van der Waals surface area contributed by atoms with Crippen LogP contribution in [0.3, 0.4) is 0 Å². The Labute approximate surface area is 159 Å². The molecule has 1 fully saturated rings. The molecule has 0 saturated carbocycles. The van der Waals surface area contributed by atoms with Gasteiger partial charge in [-0.25, -0.2) is 4.85 Å². The van der Waals surface area contributed by atoms with Gasteiger partial charge >= 0.3 is 0 Å². The Morgan fingerprint density at radius 3 is 2.67 bits per heavy atom. The van der Waals surface area contributed by atoms with Crippen LogP contribution >= 0.6 is 0 Å². The molecular formula is C22H22N2O3. The molecule has 0 aromatic heterocycles. The third-order valence-electron chi connectivity index (χ3n) is 4.67. The van der Waals surface area contributed by atoms with Crippen LogP contribution in [0.15, 0.2) is 55.1 Å². The Balaban J connectivity index is 1.80. The highest BCUT2D eigenvalue weighted by Crippen LogP contribution is 2.36. The summed E-state index contributed by atoms with van der Waals surface area (Å²) in [6.45, 7) is 12.2. The zero-order chi connectivity index (χ0) is 19.2. The molecule has 0 aliphatic carbocycles. The minimum Gasteiger partial charge on any atom is -0.496 e. The van der Waals surface area contributed by atoms with Gasteiger partial charge in [0, 0.05) is 31.5 Å². The fourth-order valence-electron chi connectivity index (χ4n) is 3.27. The van der Waals surface area contributed by atoms with Crippen LogP contribution in [-0.4, -0.2) is 37.1 Å². The molecule has 0 spiro atoms. The number of methoxy groups -OCH3 is 1. The van der Waals surface area contributed by atoms with Crippen molar-refractivity contribution in [2.45, 2.75) is 18.9 Å². The lowest BCUT2D eigenvalue weighted by atomic mass is 10.0. The Morgan fingerprint density at radius 2 is 2.00 bits per heavy atom. The first-order valence-electron chi connectivity index (χ1n) is 8.88. The summed E-state index contributed by atoms with van der Waals surface area (Å²) in [7, 11) is 1.63. The minimum absolute atomic E-state index is 0.0189. The Hall–Kier alpha value is -3.26. The molecule has 1 heterocycles. The number of piperidine rings is 1. The number of carbonyl (C=O) groups excluding carboxylic acids is 1. The molecule has 1 saturated heterocycles. The van der Waals surface area contributed by atoms with Crippen molar-refractivity contribution in [3.05, 3.63) is 66.5 Å². The Kier molecular flexibility index (Phi) is 5.77. The Morgan fingerprint density at radius 1 is 1.26 bits per heavy atom. The summed E-state index contributed by atoms with van der Waals surface area (Å²) in [5.41, 5.74) is 2.32. The van der Waals surface area contributed by atoms with Crippen LogP contribution in [0.4, 0.5) is 5.69 Å². The molecule has 1 aliphatic heterocycles. The van der Waals surface area contributed by atoms with E-state index in [1.807, 2.05) is 36.4 Å². The second kappa shape index (κ2) is 8.41. The van der Waals surface area contributed by atoms with Crippen molar-refractivity contribution in [2.24, 2.45) is 0 Å². The fourth-order valence-corrected chi connectivity index (χ4v) is 3.27. The van der Waals surface area contributed by atoms with Crippen LogP contribution in [0.2, 0.25) is 0 Å². The van der Waals surface area contributed by atoms with Crippen molar-refractivity contribution in [1.29, 1.82) is 0 Å². The van der Waals surface area contributed by atoms with Crippen LogP contribution in [0, 0.1) is 6.57 Å². The second-order valence-electron chi connectivity index (χ2n) is 6.37. The molecule has 27 heavy (non-hydrogen) atoms. The standard InChI is InChI=1S/C22H22N2O3/c1-4-22(25)24-11-9-18(10-12-24)27-19-14-16(13-17(15-19)23-2)20-7-5-6-8-21(20)26-3/h4-8,13-15,18H,1,9-12H2,3H3. The van der Waals surface area contributed by atoms with E-state index in [2.05, 4.69) is 11.4 Å². The van der Waals surface area contributed by atoms with Gasteiger partial charge < -0.3 is 14.4 Å². The lowest BCUT2D eigenvalue weighted by Crippen LogP contribution is -2.41. The first kappa shape index (κ1) is 18.5. The molecule has 1 amide bonds. The average Bonchev–Trinajstić information content (AvgIpc) is 2.73. The summed E-state index contributed by atoms with van der Waals surface area (Å²) in [6.07, 6.45) is 2.88. The molecule has 0 atom stereocenters.